The van der Waals surface area contributed by atoms with Gasteiger partial charge in [-0.2, -0.15) is 10.1 Å². The maximum Gasteiger partial charge on any atom is 0.297 e. The van der Waals surface area contributed by atoms with Gasteiger partial charge in [-0.25, -0.2) is 0 Å². The Morgan fingerprint density at radius 3 is 2.76 bits per heavy atom. The molecular formula is C17H20N4O3S. The Bertz CT molecular complexity index is 984. The SMILES string of the molecule is COCCn1c(=NC(=O)c2cc(C)nn2C)sc2cc(OC)ccc21. The van der Waals surface area contributed by atoms with Crippen LogP contribution in [0.3, 0.4) is 0 Å². The van der Waals surface area contributed by atoms with Crippen LogP contribution in [0, 0.1) is 6.92 Å². The Labute approximate surface area is 149 Å². The first-order valence-corrected chi connectivity index (χ1v) is 8.61. The van der Waals surface area contributed by atoms with Crippen molar-refractivity contribution in [2.24, 2.45) is 12.0 Å². The first kappa shape index (κ1) is 17.4. The van der Waals surface area contributed by atoms with Crippen LogP contribution in [0.1, 0.15) is 16.2 Å². The number of fused-ring (bicyclic) bond motifs is 1. The molecule has 2 heterocycles. The van der Waals surface area contributed by atoms with Crippen LogP contribution in [0.25, 0.3) is 10.2 Å². The smallest absolute Gasteiger partial charge is 0.297 e. The van der Waals surface area contributed by atoms with Gasteiger partial charge in [0, 0.05) is 20.7 Å². The van der Waals surface area contributed by atoms with Crippen LogP contribution < -0.4 is 9.54 Å². The van der Waals surface area contributed by atoms with Crippen molar-refractivity contribution in [1.82, 2.24) is 14.3 Å². The van der Waals surface area contributed by atoms with Gasteiger partial charge in [0.25, 0.3) is 5.91 Å². The maximum absolute atomic E-state index is 12.6. The molecule has 8 heteroatoms. The van der Waals surface area contributed by atoms with Crippen molar-refractivity contribution < 1.29 is 14.3 Å². The molecule has 0 aliphatic heterocycles. The molecule has 0 N–H and O–H groups in total. The highest BCUT2D eigenvalue weighted by molar-refractivity contribution is 7.16. The monoisotopic (exact) mass is 360 g/mol. The molecule has 0 aliphatic carbocycles. The van der Waals surface area contributed by atoms with E-state index in [-0.39, 0.29) is 5.91 Å². The van der Waals surface area contributed by atoms with Crippen LogP contribution in [0.5, 0.6) is 5.75 Å². The standard InChI is InChI=1S/C17H20N4O3S/c1-11-9-14(20(2)19-11)16(22)18-17-21(7-8-23-3)13-6-5-12(24-4)10-15(13)25-17/h5-6,9-10H,7-8H2,1-4H3. The van der Waals surface area contributed by atoms with Gasteiger partial charge < -0.3 is 14.0 Å². The van der Waals surface area contributed by atoms with Gasteiger partial charge in [-0.05, 0) is 31.2 Å². The first-order valence-electron chi connectivity index (χ1n) is 7.79. The molecule has 0 unspecified atom stereocenters. The number of amides is 1. The molecule has 0 radical (unpaired) electrons. The van der Waals surface area contributed by atoms with Gasteiger partial charge in [-0.1, -0.05) is 11.3 Å². The topological polar surface area (TPSA) is 70.6 Å². The van der Waals surface area contributed by atoms with Crippen molar-refractivity contribution in [3.05, 3.63) is 40.5 Å². The molecule has 0 aliphatic rings. The fourth-order valence-corrected chi connectivity index (χ4v) is 3.70. The number of carbonyl (C=O) groups is 1. The number of rotatable bonds is 5. The molecule has 1 aromatic carbocycles. The van der Waals surface area contributed by atoms with Crippen LogP contribution in [0.2, 0.25) is 0 Å². The largest absolute Gasteiger partial charge is 0.497 e. The molecule has 3 aromatic rings. The lowest BCUT2D eigenvalue weighted by molar-refractivity contribution is 0.0988. The molecule has 0 saturated carbocycles. The lowest BCUT2D eigenvalue weighted by Crippen LogP contribution is -2.20. The van der Waals surface area contributed by atoms with Crippen LogP contribution >= 0.6 is 11.3 Å². The van der Waals surface area contributed by atoms with E-state index in [0.717, 1.165) is 21.7 Å². The first-order chi connectivity index (χ1) is 12.0. The highest BCUT2D eigenvalue weighted by Crippen LogP contribution is 2.23. The molecule has 0 bridgehead atoms. The number of thiazole rings is 1. The van der Waals surface area contributed by atoms with Gasteiger partial charge in [-0.3, -0.25) is 9.48 Å². The maximum atomic E-state index is 12.6. The van der Waals surface area contributed by atoms with Crippen LogP contribution in [-0.4, -0.2) is 41.1 Å². The van der Waals surface area contributed by atoms with E-state index in [2.05, 4.69) is 10.1 Å². The summed E-state index contributed by atoms with van der Waals surface area (Å²) in [4.78, 5) is 17.5. The predicted molar refractivity (Wildman–Crippen MR) is 96.1 cm³/mol. The lowest BCUT2D eigenvalue weighted by atomic mass is 10.3. The van der Waals surface area contributed by atoms with Gasteiger partial charge in [0.15, 0.2) is 4.80 Å². The molecule has 25 heavy (non-hydrogen) atoms. The zero-order chi connectivity index (χ0) is 18.0. The summed E-state index contributed by atoms with van der Waals surface area (Å²) in [6.07, 6.45) is 0. The minimum absolute atomic E-state index is 0.312. The molecule has 7 nitrogen and oxygen atoms in total. The molecular weight excluding hydrogens is 340 g/mol. The van der Waals surface area contributed by atoms with Crippen molar-refractivity contribution in [2.75, 3.05) is 20.8 Å². The van der Waals surface area contributed by atoms with E-state index in [1.807, 2.05) is 29.7 Å². The minimum atomic E-state index is -0.312. The summed E-state index contributed by atoms with van der Waals surface area (Å²) < 4.78 is 15.0. The summed E-state index contributed by atoms with van der Waals surface area (Å²) >= 11 is 1.45. The van der Waals surface area contributed by atoms with Crippen molar-refractivity contribution in [2.45, 2.75) is 13.5 Å². The summed E-state index contributed by atoms with van der Waals surface area (Å²) in [6.45, 7) is 2.99. The van der Waals surface area contributed by atoms with Gasteiger partial charge in [-0.15, -0.1) is 0 Å². The predicted octanol–water partition coefficient (Wildman–Crippen LogP) is 2.14. The van der Waals surface area contributed by atoms with Gasteiger partial charge in [0.1, 0.15) is 11.4 Å². The number of ether oxygens (including phenoxy) is 2. The quantitative estimate of drug-likeness (QED) is 0.699. The highest BCUT2D eigenvalue weighted by atomic mass is 32.1. The molecule has 2 aromatic heterocycles. The molecule has 0 saturated heterocycles. The van der Waals surface area contributed by atoms with E-state index in [4.69, 9.17) is 9.47 Å². The zero-order valence-electron chi connectivity index (χ0n) is 14.6. The van der Waals surface area contributed by atoms with E-state index < -0.39 is 0 Å². The Kier molecular flexibility index (Phi) is 5.00. The third kappa shape index (κ3) is 3.49. The second kappa shape index (κ2) is 7.20. The van der Waals surface area contributed by atoms with Crippen LogP contribution in [-0.2, 0) is 18.3 Å². The van der Waals surface area contributed by atoms with E-state index in [1.165, 1.54) is 11.3 Å². The summed E-state index contributed by atoms with van der Waals surface area (Å²) in [5, 5.41) is 4.21. The van der Waals surface area contributed by atoms with Gasteiger partial charge in [0.2, 0.25) is 0 Å². The third-order valence-corrected chi connectivity index (χ3v) is 4.87. The molecule has 3 rings (SSSR count). The summed E-state index contributed by atoms with van der Waals surface area (Å²) in [6, 6.07) is 7.55. The number of hydrogen-bond acceptors (Lipinski definition) is 5. The number of aromatic nitrogens is 3. The minimum Gasteiger partial charge on any atom is -0.497 e. The number of hydrogen-bond donors (Lipinski definition) is 0. The van der Waals surface area contributed by atoms with E-state index in [0.29, 0.717) is 23.6 Å². The van der Waals surface area contributed by atoms with Crippen molar-refractivity contribution >= 4 is 27.5 Å². The molecule has 1 amide bonds. The number of nitrogens with zero attached hydrogens (tertiary/aromatic N) is 4. The highest BCUT2D eigenvalue weighted by Gasteiger charge is 2.13. The van der Waals surface area contributed by atoms with Crippen LogP contribution in [0.15, 0.2) is 29.3 Å². The van der Waals surface area contributed by atoms with Crippen molar-refractivity contribution in [1.29, 1.82) is 0 Å². The Hall–Kier alpha value is -2.45. The zero-order valence-corrected chi connectivity index (χ0v) is 15.5. The Morgan fingerprint density at radius 1 is 1.32 bits per heavy atom. The second-order valence-electron chi connectivity index (χ2n) is 5.57. The normalized spacial score (nSPS) is 12.1. The summed E-state index contributed by atoms with van der Waals surface area (Å²) in [7, 11) is 5.02. The van der Waals surface area contributed by atoms with E-state index in [9.17, 15) is 4.79 Å². The van der Waals surface area contributed by atoms with Gasteiger partial charge in [0.05, 0.1) is 29.6 Å². The number of benzene rings is 1. The van der Waals surface area contributed by atoms with Crippen molar-refractivity contribution in [3.63, 3.8) is 0 Å². The lowest BCUT2D eigenvalue weighted by Gasteiger charge is -2.05. The summed E-state index contributed by atoms with van der Waals surface area (Å²) in [5.74, 6) is 0.459. The molecule has 0 fully saturated rings. The van der Waals surface area contributed by atoms with Gasteiger partial charge >= 0.3 is 0 Å². The fraction of sp³-hybridized carbons (Fsp3) is 0.353. The van der Waals surface area contributed by atoms with Crippen molar-refractivity contribution in [3.8, 4) is 5.75 Å². The number of aryl methyl sites for hydroxylation is 2. The van der Waals surface area contributed by atoms with E-state index in [1.54, 1.807) is 32.0 Å². The molecule has 0 atom stereocenters. The second-order valence-corrected chi connectivity index (χ2v) is 6.58. The Balaban J connectivity index is 2.12. The fourth-order valence-electron chi connectivity index (χ4n) is 2.62. The number of methoxy groups -OCH3 is 2. The molecule has 132 valence electrons. The molecule has 0 spiro atoms. The average Bonchev–Trinajstić information content (AvgIpc) is 3.11. The van der Waals surface area contributed by atoms with E-state index >= 15 is 0 Å². The van der Waals surface area contributed by atoms with Crippen LogP contribution in [0.4, 0.5) is 0 Å². The number of carbonyl (C=O) groups excluding carboxylic acids is 1. The third-order valence-electron chi connectivity index (χ3n) is 3.83. The Morgan fingerprint density at radius 2 is 2.12 bits per heavy atom. The summed E-state index contributed by atoms with van der Waals surface area (Å²) in [5.41, 5.74) is 2.25. The average molecular weight is 360 g/mol.